The molecule has 1 fully saturated rings. The summed E-state index contributed by atoms with van der Waals surface area (Å²) in [5.41, 5.74) is 2.23. The van der Waals surface area contributed by atoms with E-state index in [1.807, 2.05) is 56.6 Å². The van der Waals surface area contributed by atoms with Gasteiger partial charge in [0.25, 0.3) is 5.56 Å². The average Bonchev–Trinajstić information content (AvgIpc) is 3.40. The molecule has 0 spiro atoms. The third-order valence-corrected chi connectivity index (χ3v) is 5.98. The topological polar surface area (TPSA) is 70.1 Å². The van der Waals surface area contributed by atoms with Crippen molar-refractivity contribution in [3.05, 3.63) is 82.5 Å². The van der Waals surface area contributed by atoms with Gasteiger partial charge in [-0.3, -0.25) is 9.78 Å². The number of anilines is 1. The third kappa shape index (κ3) is 3.48. The molecule has 5 rings (SSSR count). The van der Waals surface area contributed by atoms with Gasteiger partial charge in [0.05, 0.1) is 11.9 Å². The Morgan fingerprint density at radius 3 is 2.52 bits per heavy atom. The fourth-order valence-corrected chi connectivity index (χ4v) is 4.34. The summed E-state index contributed by atoms with van der Waals surface area (Å²) in [5, 5.41) is 4.83. The molecule has 4 aromatic rings. The number of para-hydroxylation sites is 1. The van der Waals surface area contributed by atoms with Crippen LogP contribution in [0.15, 0.2) is 65.6 Å². The number of rotatable bonds is 4. The van der Waals surface area contributed by atoms with Crippen LogP contribution in [0.4, 0.5) is 10.3 Å². The Bertz CT molecular complexity index is 1260. The maximum atomic E-state index is 13.4. The van der Waals surface area contributed by atoms with E-state index in [9.17, 15) is 9.18 Å². The first-order valence-corrected chi connectivity index (χ1v) is 10.2. The molecule has 1 saturated heterocycles. The fourth-order valence-electron chi connectivity index (χ4n) is 4.34. The lowest BCUT2D eigenvalue weighted by Gasteiger charge is -2.25. The van der Waals surface area contributed by atoms with Crippen molar-refractivity contribution in [2.45, 2.75) is 12.0 Å². The lowest BCUT2D eigenvalue weighted by atomic mass is 9.94. The summed E-state index contributed by atoms with van der Waals surface area (Å²) in [6.07, 6.45) is 1.55. The number of benzene rings is 2. The minimum atomic E-state index is -0.245. The van der Waals surface area contributed by atoms with Gasteiger partial charge in [-0.2, -0.15) is 10.1 Å². The normalized spacial score (nSPS) is 18.9. The molecule has 1 aliphatic rings. The molecule has 31 heavy (non-hydrogen) atoms. The predicted octanol–water partition coefficient (Wildman–Crippen LogP) is 2.78. The van der Waals surface area contributed by atoms with Crippen molar-refractivity contribution in [2.75, 3.05) is 32.1 Å². The van der Waals surface area contributed by atoms with E-state index >= 15 is 0 Å². The van der Waals surface area contributed by atoms with Crippen LogP contribution in [0, 0.1) is 5.82 Å². The second kappa shape index (κ2) is 7.63. The summed E-state index contributed by atoms with van der Waals surface area (Å²) in [5.74, 6) is 0.438. The number of nitrogens with zero attached hydrogens (tertiary/aromatic N) is 5. The minimum Gasteiger partial charge on any atom is -0.340 e. The molecular weight excluding hydrogens is 395 g/mol. The molecule has 0 unspecified atom stereocenters. The van der Waals surface area contributed by atoms with Gasteiger partial charge in [-0.15, -0.1) is 0 Å². The van der Waals surface area contributed by atoms with Gasteiger partial charge in [0.15, 0.2) is 5.65 Å². The number of H-pyrrole nitrogens is 1. The maximum Gasteiger partial charge on any atom is 0.263 e. The zero-order chi connectivity index (χ0) is 21.5. The van der Waals surface area contributed by atoms with Gasteiger partial charge < -0.3 is 9.80 Å². The first kappa shape index (κ1) is 19.4. The summed E-state index contributed by atoms with van der Waals surface area (Å²) < 4.78 is 15.1. The molecule has 3 heterocycles. The van der Waals surface area contributed by atoms with E-state index in [1.54, 1.807) is 10.9 Å². The summed E-state index contributed by atoms with van der Waals surface area (Å²) in [4.78, 5) is 24.7. The van der Waals surface area contributed by atoms with Crippen molar-refractivity contribution < 1.29 is 4.39 Å². The summed E-state index contributed by atoms with van der Waals surface area (Å²) in [7, 11) is 4.07. The van der Waals surface area contributed by atoms with Crippen LogP contribution in [0.1, 0.15) is 11.5 Å². The Kier molecular flexibility index (Phi) is 4.78. The highest BCUT2D eigenvalue weighted by Crippen LogP contribution is 2.32. The van der Waals surface area contributed by atoms with Crippen molar-refractivity contribution in [1.82, 2.24) is 24.6 Å². The molecular formula is C23H23FN6O. The van der Waals surface area contributed by atoms with Gasteiger partial charge in [0, 0.05) is 25.0 Å². The zero-order valence-corrected chi connectivity index (χ0v) is 17.4. The number of aromatic nitrogens is 4. The first-order chi connectivity index (χ1) is 15.0. The molecule has 0 bridgehead atoms. The Morgan fingerprint density at radius 1 is 1.06 bits per heavy atom. The van der Waals surface area contributed by atoms with Crippen molar-refractivity contribution in [3.8, 4) is 5.69 Å². The molecule has 7 nitrogen and oxygen atoms in total. The highest BCUT2D eigenvalue weighted by atomic mass is 19.1. The predicted molar refractivity (Wildman–Crippen MR) is 118 cm³/mol. The number of halogens is 1. The Balaban J connectivity index is 1.54. The van der Waals surface area contributed by atoms with Gasteiger partial charge in [-0.25, -0.2) is 9.07 Å². The van der Waals surface area contributed by atoms with Crippen LogP contribution in [0.2, 0.25) is 0 Å². The standard InChI is InChI=1S/C23H23FN6O/c1-28(2)20-14-29(13-19(20)15-8-10-16(24)11-9-15)23-26-21-18(22(31)27-23)12-25-30(21)17-6-4-3-5-7-17/h3-12,19-20H,13-14H2,1-2H3,(H,26,27,31)/t19-,20+/m1/s1. The smallest absolute Gasteiger partial charge is 0.263 e. The van der Waals surface area contributed by atoms with Crippen molar-refractivity contribution in [3.63, 3.8) is 0 Å². The van der Waals surface area contributed by atoms with E-state index in [2.05, 4.69) is 19.9 Å². The molecule has 2 aromatic carbocycles. The van der Waals surface area contributed by atoms with Crippen LogP contribution in [0.3, 0.4) is 0 Å². The Labute approximate surface area is 178 Å². The van der Waals surface area contributed by atoms with Crippen LogP contribution < -0.4 is 10.5 Å². The van der Waals surface area contributed by atoms with E-state index in [4.69, 9.17) is 4.98 Å². The molecule has 0 saturated carbocycles. The number of aromatic amines is 1. The van der Waals surface area contributed by atoms with Gasteiger partial charge in [0.1, 0.15) is 11.2 Å². The van der Waals surface area contributed by atoms with Crippen LogP contribution in [0.5, 0.6) is 0 Å². The molecule has 1 aliphatic heterocycles. The van der Waals surface area contributed by atoms with E-state index in [0.29, 0.717) is 30.1 Å². The second-order valence-electron chi connectivity index (χ2n) is 8.11. The number of nitrogens with one attached hydrogen (secondary N) is 1. The number of hydrogen-bond donors (Lipinski definition) is 1. The quantitative estimate of drug-likeness (QED) is 0.552. The van der Waals surface area contributed by atoms with Gasteiger partial charge in [-0.1, -0.05) is 30.3 Å². The van der Waals surface area contributed by atoms with Gasteiger partial charge in [-0.05, 0) is 43.9 Å². The highest BCUT2D eigenvalue weighted by molar-refractivity contribution is 5.76. The monoisotopic (exact) mass is 418 g/mol. The molecule has 0 aliphatic carbocycles. The number of fused-ring (bicyclic) bond motifs is 1. The maximum absolute atomic E-state index is 13.4. The van der Waals surface area contributed by atoms with Gasteiger partial charge >= 0.3 is 0 Å². The molecule has 2 atom stereocenters. The SMILES string of the molecule is CN(C)[C@H]1CN(c2nc3c(cnn3-c3ccccc3)c(=O)[nH]2)C[C@@H]1c1ccc(F)cc1. The van der Waals surface area contributed by atoms with Crippen molar-refractivity contribution in [1.29, 1.82) is 0 Å². The minimum absolute atomic E-state index is 0.163. The zero-order valence-electron chi connectivity index (χ0n) is 17.4. The Hall–Kier alpha value is -3.52. The molecule has 0 radical (unpaired) electrons. The van der Waals surface area contributed by atoms with Crippen molar-refractivity contribution >= 4 is 17.0 Å². The van der Waals surface area contributed by atoms with Crippen LogP contribution in [-0.2, 0) is 0 Å². The van der Waals surface area contributed by atoms with E-state index in [0.717, 1.165) is 11.3 Å². The molecule has 158 valence electrons. The van der Waals surface area contributed by atoms with Crippen LogP contribution >= 0.6 is 0 Å². The summed E-state index contributed by atoms with van der Waals surface area (Å²) in [6, 6.07) is 16.5. The highest BCUT2D eigenvalue weighted by Gasteiger charge is 2.36. The lowest BCUT2D eigenvalue weighted by molar-refractivity contribution is 0.292. The second-order valence-corrected chi connectivity index (χ2v) is 8.11. The molecule has 0 amide bonds. The van der Waals surface area contributed by atoms with Crippen LogP contribution in [-0.4, -0.2) is 57.9 Å². The number of likely N-dealkylation sites (N-methyl/N-ethyl adjacent to an activating group) is 1. The lowest BCUT2D eigenvalue weighted by Crippen LogP contribution is -2.35. The van der Waals surface area contributed by atoms with Gasteiger partial charge in [0.2, 0.25) is 5.95 Å². The fraction of sp³-hybridized carbons (Fsp3) is 0.261. The number of hydrogen-bond acceptors (Lipinski definition) is 5. The van der Waals surface area contributed by atoms with Crippen LogP contribution in [0.25, 0.3) is 16.7 Å². The van der Waals surface area contributed by atoms with E-state index in [-0.39, 0.29) is 23.3 Å². The molecule has 2 aromatic heterocycles. The average molecular weight is 418 g/mol. The van der Waals surface area contributed by atoms with E-state index < -0.39 is 0 Å². The van der Waals surface area contributed by atoms with Crippen molar-refractivity contribution in [2.24, 2.45) is 0 Å². The first-order valence-electron chi connectivity index (χ1n) is 10.2. The largest absolute Gasteiger partial charge is 0.340 e. The summed E-state index contributed by atoms with van der Waals surface area (Å²) >= 11 is 0. The Morgan fingerprint density at radius 2 is 1.81 bits per heavy atom. The third-order valence-electron chi connectivity index (χ3n) is 5.98. The summed E-state index contributed by atoms with van der Waals surface area (Å²) in [6.45, 7) is 1.37. The molecule has 8 heteroatoms. The van der Waals surface area contributed by atoms with E-state index in [1.165, 1.54) is 12.1 Å². The molecule has 1 N–H and O–H groups in total.